The van der Waals surface area contributed by atoms with Gasteiger partial charge in [-0.15, -0.1) is 0 Å². The zero-order valence-electron chi connectivity index (χ0n) is 18.0. The molecular weight excluding hydrogens is 489 g/mol. The molecule has 7 rings (SSSR count). The molecule has 0 bridgehead atoms. The molecule has 0 spiro atoms. The molecule has 0 fully saturated rings. The van der Waals surface area contributed by atoms with Crippen molar-refractivity contribution in [1.29, 1.82) is 0 Å². The normalized spacial score (nSPS) is 11.8. The number of pyridine rings is 1. The summed E-state index contributed by atoms with van der Waals surface area (Å²) in [6.45, 7) is 0. The van der Waals surface area contributed by atoms with E-state index in [4.69, 9.17) is 0 Å². The highest BCUT2D eigenvalue weighted by Gasteiger charge is 2.27. The van der Waals surface area contributed by atoms with E-state index in [1.165, 1.54) is 28.3 Å². The van der Waals surface area contributed by atoms with Gasteiger partial charge in [0, 0.05) is 31.7 Å². The zero-order valence-corrected chi connectivity index (χ0v) is 19.6. The molecule has 0 aliphatic rings. The first-order chi connectivity index (χ1) is 16.7. The van der Waals surface area contributed by atoms with Crippen LogP contribution in [-0.4, -0.2) is 9.55 Å². The van der Waals surface area contributed by atoms with Crippen molar-refractivity contribution < 1.29 is 8.79 Å². The minimum Gasteiger partial charge on any atom is -0.351 e. The molecule has 4 aromatic carbocycles. The van der Waals surface area contributed by atoms with Crippen molar-refractivity contribution in [2.24, 2.45) is 0 Å². The van der Waals surface area contributed by atoms with Crippen LogP contribution in [0.2, 0.25) is 0 Å². The lowest BCUT2D eigenvalue weighted by Gasteiger charge is -2.04. The van der Waals surface area contributed by atoms with Gasteiger partial charge in [0.15, 0.2) is 5.69 Å². The van der Waals surface area contributed by atoms with Crippen molar-refractivity contribution in [1.82, 2.24) is 9.55 Å². The second kappa shape index (κ2) is 7.27. The number of fused-ring (bicyclic) bond motifs is 8. The molecule has 162 valence electrons. The lowest BCUT2D eigenvalue weighted by atomic mass is 10.0. The van der Waals surface area contributed by atoms with E-state index >= 15 is 0 Å². The number of halogens is 2. The number of aromatic amines is 1. The van der Waals surface area contributed by atoms with Crippen LogP contribution in [-0.2, 0) is 0 Å². The van der Waals surface area contributed by atoms with E-state index in [0.29, 0.717) is 0 Å². The molecule has 3 nitrogen and oxygen atoms in total. The molecule has 1 N–H and O–H groups in total. The van der Waals surface area contributed by atoms with Gasteiger partial charge in [-0.2, -0.15) is 8.97 Å². The Morgan fingerprint density at radius 3 is 2.26 bits per heavy atom. The monoisotopic (exact) mass is 506 g/mol. The van der Waals surface area contributed by atoms with E-state index in [0.717, 1.165) is 43.5 Å². The maximum atomic E-state index is 13.8. The number of benzene rings is 4. The largest absolute Gasteiger partial charge is 0.351 e. The maximum absolute atomic E-state index is 13.8. The number of imidazole rings is 1. The summed E-state index contributed by atoms with van der Waals surface area (Å²) in [6.07, 6.45) is 2.10. The predicted octanol–water partition coefficient (Wildman–Crippen LogP) is 7.57. The molecule has 0 amide bonds. The summed E-state index contributed by atoms with van der Waals surface area (Å²) in [5.41, 5.74) is 7.40. The number of rotatable bonds is 2. The van der Waals surface area contributed by atoms with Crippen molar-refractivity contribution in [3.63, 3.8) is 0 Å². The molecule has 0 aliphatic heterocycles. The van der Waals surface area contributed by atoms with Gasteiger partial charge >= 0.3 is 0 Å². The smallest absolute Gasteiger partial charge is 0.255 e. The van der Waals surface area contributed by atoms with Gasteiger partial charge in [-0.25, -0.2) is 4.39 Å². The third-order valence-corrected chi connectivity index (χ3v) is 7.06. The molecule has 0 saturated carbocycles. The van der Waals surface area contributed by atoms with Crippen LogP contribution < -0.4 is 4.40 Å². The number of para-hydroxylation sites is 2. The highest BCUT2D eigenvalue weighted by atomic mass is 79.9. The molecule has 0 radical (unpaired) electrons. The number of hydrogen-bond donors (Lipinski definition) is 1. The third-order valence-electron chi connectivity index (χ3n) is 6.54. The Kier molecular flexibility index (Phi) is 4.17. The van der Waals surface area contributed by atoms with E-state index in [2.05, 4.69) is 109 Å². The van der Waals surface area contributed by atoms with Gasteiger partial charge in [0.05, 0.1) is 5.52 Å². The SMILES string of the molecule is Fc1ccc(-n2c[n+]3c4ccccc4c4c5ccccc5[nH]c4c3c2-c2ccc(Br)cc2)cc1. The van der Waals surface area contributed by atoms with Gasteiger partial charge in [0.2, 0.25) is 5.52 Å². The van der Waals surface area contributed by atoms with Gasteiger partial charge < -0.3 is 4.98 Å². The lowest BCUT2D eigenvalue weighted by Crippen LogP contribution is -2.20. The van der Waals surface area contributed by atoms with Gasteiger partial charge in [-0.05, 0) is 66.7 Å². The molecule has 3 heterocycles. The van der Waals surface area contributed by atoms with Crippen LogP contribution in [0, 0.1) is 5.82 Å². The van der Waals surface area contributed by atoms with E-state index in [1.807, 2.05) is 12.1 Å². The first kappa shape index (κ1) is 19.5. The second-order valence-electron chi connectivity index (χ2n) is 8.47. The third kappa shape index (κ3) is 2.77. The molecule has 0 atom stereocenters. The summed E-state index contributed by atoms with van der Waals surface area (Å²) in [5, 5.41) is 3.60. The van der Waals surface area contributed by atoms with Crippen molar-refractivity contribution in [2.75, 3.05) is 0 Å². The standard InChI is InChI=1S/C29H18BrFN3/c30-19-11-9-18(10-12-19)28-29-27-26(22-5-1-3-7-24(22)32-27)23-6-2-4-8-25(23)34(29)17-33(28)21-15-13-20(31)14-16-21/h1-17,32H/q+1. The molecular formula is C29H18BrFN3+. The van der Waals surface area contributed by atoms with Gasteiger partial charge in [0.25, 0.3) is 6.33 Å². The fourth-order valence-corrected chi connectivity index (χ4v) is 5.32. The molecule has 34 heavy (non-hydrogen) atoms. The summed E-state index contributed by atoms with van der Waals surface area (Å²) in [7, 11) is 0. The van der Waals surface area contributed by atoms with Crippen molar-refractivity contribution in [3.8, 4) is 16.9 Å². The van der Waals surface area contributed by atoms with Crippen LogP contribution in [0.15, 0.2) is 108 Å². The summed E-state index contributed by atoms with van der Waals surface area (Å²) < 4.78 is 19.2. The van der Waals surface area contributed by atoms with Crippen molar-refractivity contribution in [2.45, 2.75) is 0 Å². The molecule has 5 heteroatoms. The number of hydrogen-bond acceptors (Lipinski definition) is 0. The average Bonchev–Trinajstić information content (AvgIpc) is 3.45. The summed E-state index contributed by atoms with van der Waals surface area (Å²) in [4.78, 5) is 3.71. The van der Waals surface area contributed by atoms with E-state index in [-0.39, 0.29) is 5.82 Å². The Balaban J connectivity index is 1.75. The van der Waals surface area contributed by atoms with Crippen LogP contribution in [0.3, 0.4) is 0 Å². The first-order valence-corrected chi connectivity index (χ1v) is 11.9. The van der Waals surface area contributed by atoms with Gasteiger partial charge in [-0.1, -0.05) is 46.3 Å². The topological polar surface area (TPSA) is 24.8 Å². The van der Waals surface area contributed by atoms with E-state index in [1.54, 1.807) is 0 Å². The van der Waals surface area contributed by atoms with Crippen molar-refractivity contribution >= 4 is 54.2 Å². The summed E-state index contributed by atoms with van der Waals surface area (Å²) in [5.74, 6) is -0.248. The summed E-state index contributed by atoms with van der Waals surface area (Å²) in [6, 6.07) is 31.9. The zero-order chi connectivity index (χ0) is 22.8. The number of nitrogens with zero attached hydrogens (tertiary/aromatic N) is 2. The Hall–Kier alpha value is -3.96. The van der Waals surface area contributed by atoms with E-state index < -0.39 is 0 Å². The minimum absolute atomic E-state index is 0.248. The molecule has 3 aromatic heterocycles. The number of nitrogens with one attached hydrogen (secondary N) is 1. The average molecular weight is 507 g/mol. The minimum atomic E-state index is -0.248. The van der Waals surface area contributed by atoms with Crippen LogP contribution >= 0.6 is 15.9 Å². The molecule has 0 aliphatic carbocycles. The van der Waals surface area contributed by atoms with Crippen LogP contribution in [0.25, 0.3) is 55.2 Å². The molecule has 0 saturated heterocycles. The Bertz CT molecular complexity index is 1860. The van der Waals surface area contributed by atoms with Crippen LogP contribution in [0.4, 0.5) is 4.39 Å². The second-order valence-corrected chi connectivity index (χ2v) is 9.39. The quantitative estimate of drug-likeness (QED) is 0.234. The Labute approximate surface area is 202 Å². The fraction of sp³-hybridized carbons (Fsp3) is 0. The lowest BCUT2D eigenvalue weighted by molar-refractivity contribution is -0.480. The van der Waals surface area contributed by atoms with Crippen LogP contribution in [0.1, 0.15) is 0 Å². The van der Waals surface area contributed by atoms with E-state index in [9.17, 15) is 4.39 Å². The highest BCUT2D eigenvalue weighted by molar-refractivity contribution is 9.10. The van der Waals surface area contributed by atoms with Gasteiger partial charge in [0.1, 0.15) is 17.0 Å². The Morgan fingerprint density at radius 1 is 0.765 bits per heavy atom. The van der Waals surface area contributed by atoms with Crippen molar-refractivity contribution in [3.05, 3.63) is 114 Å². The van der Waals surface area contributed by atoms with Crippen LogP contribution in [0.5, 0.6) is 0 Å². The Morgan fingerprint density at radius 2 is 1.47 bits per heavy atom. The first-order valence-electron chi connectivity index (χ1n) is 11.1. The fourth-order valence-electron chi connectivity index (χ4n) is 5.06. The predicted molar refractivity (Wildman–Crippen MR) is 139 cm³/mol. The highest BCUT2D eigenvalue weighted by Crippen LogP contribution is 2.37. The number of H-pyrrole nitrogens is 1. The number of aromatic nitrogens is 3. The maximum Gasteiger partial charge on any atom is 0.255 e. The summed E-state index contributed by atoms with van der Waals surface area (Å²) >= 11 is 3.57. The molecule has 0 unspecified atom stereocenters. The molecule has 7 aromatic rings. The van der Waals surface area contributed by atoms with Gasteiger partial charge in [-0.3, -0.25) is 0 Å².